The molecule has 12 nitrogen and oxygen atoms in total. The lowest BCUT2D eigenvalue weighted by atomic mass is 10.1. The maximum atomic E-state index is 13.4. The first-order valence-corrected chi connectivity index (χ1v) is 11.3. The Kier molecular flexibility index (Phi) is 8.39. The first kappa shape index (κ1) is 25.7. The number of ether oxygens (including phenoxy) is 1. The Bertz CT molecular complexity index is 1010. The van der Waals surface area contributed by atoms with Crippen LogP contribution in [-0.2, 0) is 30.4 Å². The average Bonchev–Trinajstić information content (AvgIpc) is 2.95. The van der Waals surface area contributed by atoms with E-state index in [2.05, 4.69) is 10.7 Å². The number of carbonyl (C=O) groups is 6. The number of urea groups is 1. The molecule has 2 saturated heterocycles. The van der Waals surface area contributed by atoms with E-state index in [1.165, 1.54) is 19.0 Å². The summed E-state index contributed by atoms with van der Waals surface area (Å²) in [6.45, 7) is 1.47. The zero-order chi connectivity index (χ0) is 25.5. The molecule has 2 fully saturated rings. The van der Waals surface area contributed by atoms with Crippen LogP contribution in [-0.4, -0.2) is 83.1 Å². The van der Waals surface area contributed by atoms with Gasteiger partial charge in [-0.3, -0.25) is 24.6 Å². The number of fused-ring (bicyclic) bond motifs is 1. The highest BCUT2D eigenvalue weighted by Gasteiger charge is 2.44. The molecule has 1 aromatic rings. The molecular formula is C23H29N5O7. The molecule has 2 atom stereocenters. The Labute approximate surface area is 202 Å². The number of hydrazine groups is 2. The minimum absolute atomic E-state index is 0.0331. The molecular weight excluding hydrogens is 458 g/mol. The summed E-state index contributed by atoms with van der Waals surface area (Å²) in [5.74, 6) is -1.19. The highest BCUT2D eigenvalue weighted by molar-refractivity contribution is 5.93. The molecule has 0 radical (unpaired) electrons. The molecule has 2 aliphatic heterocycles. The normalized spacial score (nSPS) is 18.8. The molecule has 3 rings (SSSR count). The lowest BCUT2D eigenvalue weighted by Crippen LogP contribution is -2.64. The predicted molar refractivity (Wildman–Crippen MR) is 121 cm³/mol. The van der Waals surface area contributed by atoms with Crippen LogP contribution in [0.15, 0.2) is 24.3 Å². The van der Waals surface area contributed by atoms with Crippen molar-refractivity contribution in [1.29, 1.82) is 0 Å². The number of rotatable bonds is 9. The summed E-state index contributed by atoms with van der Waals surface area (Å²) in [7, 11) is 1.51. The van der Waals surface area contributed by atoms with Crippen LogP contribution in [0.2, 0.25) is 0 Å². The number of aldehydes is 1. The van der Waals surface area contributed by atoms with Gasteiger partial charge in [-0.15, -0.1) is 0 Å². The SMILES string of the molecule is COc1cccc(CC(=O)NN2CCC(=O)N3CCC[C@@H](C(=O)N[C@H](C=O)CC(C)=O)N3C2=O)c1. The Morgan fingerprint density at radius 2 is 2.00 bits per heavy atom. The zero-order valence-corrected chi connectivity index (χ0v) is 19.7. The summed E-state index contributed by atoms with van der Waals surface area (Å²) in [5, 5.41) is 5.76. The van der Waals surface area contributed by atoms with E-state index in [9.17, 15) is 28.8 Å². The Balaban J connectivity index is 1.75. The van der Waals surface area contributed by atoms with Crippen LogP contribution in [0.5, 0.6) is 5.75 Å². The molecule has 35 heavy (non-hydrogen) atoms. The second kappa shape index (κ2) is 11.4. The molecule has 0 bridgehead atoms. The van der Waals surface area contributed by atoms with Gasteiger partial charge in [-0.1, -0.05) is 12.1 Å². The molecule has 0 aromatic heterocycles. The number of hydrogen-bond donors (Lipinski definition) is 2. The minimum atomic E-state index is -1.08. The van der Waals surface area contributed by atoms with Crippen molar-refractivity contribution in [2.24, 2.45) is 0 Å². The van der Waals surface area contributed by atoms with Gasteiger partial charge in [0.15, 0.2) is 0 Å². The first-order chi connectivity index (χ1) is 16.7. The third kappa shape index (κ3) is 6.34. The molecule has 0 aliphatic carbocycles. The number of nitrogens with one attached hydrogen (secondary N) is 2. The summed E-state index contributed by atoms with van der Waals surface area (Å²) in [6.07, 6.45) is 0.921. The van der Waals surface area contributed by atoms with Gasteiger partial charge in [0.25, 0.3) is 0 Å². The summed E-state index contributed by atoms with van der Waals surface area (Å²) >= 11 is 0. The molecule has 0 spiro atoms. The summed E-state index contributed by atoms with van der Waals surface area (Å²) in [5.41, 5.74) is 3.21. The van der Waals surface area contributed by atoms with Crippen LogP contribution in [0.4, 0.5) is 4.79 Å². The smallest absolute Gasteiger partial charge is 0.358 e. The van der Waals surface area contributed by atoms with E-state index in [1.807, 2.05) is 0 Å². The van der Waals surface area contributed by atoms with Crippen molar-refractivity contribution in [3.8, 4) is 5.75 Å². The maximum Gasteiger partial charge on any atom is 0.358 e. The van der Waals surface area contributed by atoms with Crippen molar-refractivity contribution in [2.75, 3.05) is 20.2 Å². The van der Waals surface area contributed by atoms with E-state index >= 15 is 0 Å². The number of ketones is 1. The number of nitrogens with zero attached hydrogens (tertiary/aromatic N) is 3. The van der Waals surface area contributed by atoms with E-state index < -0.39 is 29.9 Å². The molecule has 0 saturated carbocycles. The van der Waals surface area contributed by atoms with Crippen molar-refractivity contribution in [2.45, 2.75) is 51.1 Å². The van der Waals surface area contributed by atoms with Crippen LogP contribution >= 0.6 is 0 Å². The van der Waals surface area contributed by atoms with Gasteiger partial charge in [0, 0.05) is 19.4 Å². The Morgan fingerprint density at radius 3 is 2.69 bits per heavy atom. The van der Waals surface area contributed by atoms with Gasteiger partial charge in [0.2, 0.25) is 17.7 Å². The fourth-order valence-corrected chi connectivity index (χ4v) is 4.10. The number of Topliss-reactive ketones (excluding diaryl/α,β-unsaturated/α-hetero) is 1. The minimum Gasteiger partial charge on any atom is -0.497 e. The molecule has 2 N–H and O–H groups in total. The largest absolute Gasteiger partial charge is 0.497 e. The van der Waals surface area contributed by atoms with Gasteiger partial charge in [0.1, 0.15) is 23.9 Å². The van der Waals surface area contributed by atoms with Crippen LogP contribution in [0.3, 0.4) is 0 Å². The molecule has 2 heterocycles. The number of amides is 5. The average molecular weight is 488 g/mol. The topological polar surface area (TPSA) is 145 Å². The van der Waals surface area contributed by atoms with Crippen molar-refractivity contribution in [3.05, 3.63) is 29.8 Å². The number of carbonyl (C=O) groups excluding carboxylic acids is 6. The fourth-order valence-electron chi connectivity index (χ4n) is 4.10. The first-order valence-electron chi connectivity index (χ1n) is 11.3. The number of benzene rings is 1. The van der Waals surface area contributed by atoms with Crippen molar-refractivity contribution in [1.82, 2.24) is 25.8 Å². The molecule has 0 unspecified atom stereocenters. The maximum absolute atomic E-state index is 13.4. The quantitative estimate of drug-likeness (QED) is 0.465. The fraction of sp³-hybridized carbons (Fsp3) is 0.478. The lowest BCUT2D eigenvalue weighted by Gasteiger charge is -2.43. The second-order valence-electron chi connectivity index (χ2n) is 8.42. The van der Waals surface area contributed by atoms with Gasteiger partial charge in [-0.05, 0) is 37.5 Å². The molecule has 12 heteroatoms. The number of methoxy groups -OCH3 is 1. The van der Waals surface area contributed by atoms with Gasteiger partial charge >= 0.3 is 6.03 Å². The highest BCUT2D eigenvalue weighted by atomic mass is 16.5. The molecule has 188 valence electrons. The van der Waals surface area contributed by atoms with Crippen LogP contribution in [0.1, 0.15) is 38.2 Å². The Morgan fingerprint density at radius 1 is 1.23 bits per heavy atom. The second-order valence-corrected chi connectivity index (χ2v) is 8.42. The molecule has 5 amide bonds. The van der Waals surface area contributed by atoms with E-state index in [-0.39, 0.29) is 50.5 Å². The van der Waals surface area contributed by atoms with Crippen molar-refractivity contribution in [3.63, 3.8) is 0 Å². The van der Waals surface area contributed by atoms with Crippen molar-refractivity contribution < 1.29 is 33.5 Å². The monoisotopic (exact) mass is 487 g/mol. The van der Waals surface area contributed by atoms with Crippen LogP contribution in [0.25, 0.3) is 0 Å². The molecule has 2 aliphatic rings. The van der Waals surface area contributed by atoms with E-state index in [0.29, 0.717) is 24.0 Å². The van der Waals surface area contributed by atoms with E-state index in [0.717, 1.165) is 10.0 Å². The van der Waals surface area contributed by atoms with Crippen LogP contribution < -0.4 is 15.5 Å². The predicted octanol–water partition coefficient (Wildman–Crippen LogP) is -0.0346. The van der Waals surface area contributed by atoms with Gasteiger partial charge in [-0.25, -0.2) is 19.8 Å². The highest BCUT2D eigenvalue weighted by Crippen LogP contribution is 2.24. The zero-order valence-electron chi connectivity index (χ0n) is 19.7. The summed E-state index contributed by atoms with van der Waals surface area (Å²) in [4.78, 5) is 74.4. The van der Waals surface area contributed by atoms with E-state index in [1.54, 1.807) is 24.3 Å². The standard InChI is InChI=1S/C23H29N5O7/c1-15(30)11-17(14-29)24-22(33)19-7-4-9-27-21(32)8-10-26(23(34)28(19)27)25-20(31)13-16-5-3-6-18(12-16)35-2/h3,5-6,12,14,17,19H,4,7-11,13H2,1-2H3,(H,24,33)(H,25,31)/t17-,19-/m0/s1. The van der Waals surface area contributed by atoms with E-state index in [4.69, 9.17) is 4.74 Å². The van der Waals surface area contributed by atoms with Gasteiger partial charge in [-0.2, -0.15) is 0 Å². The Hall–Kier alpha value is -3.96. The van der Waals surface area contributed by atoms with Gasteiger partial charge in [0.05, 0.1) is 26.1 Å². The molecule has 1 aromatic carbocycles. The third-order valence-electron chi connectivity index (χ3n) is 5.73. The van der Waals surface area contributed by atoms with Gasteiger partial charge < -0.3 is 14.8 Å². The van der Waals surface area contributed by atoms with Crippen LogP contribution in [0, 0.1) is 0 Å². The summed E-state index contributed by atoms with van der Waals surface area (Å²) < 4.78 is 5.16. The third-order valence-corrected chi connectivity index (χ3v) is 5.73. The summed E-state index contributed by atoms with van der Waals surface area (Å²) in [6, 6.07) is 4.08. The van der Waals surface area contributed by atoms with Crippen molar-refractivity contribution >= 4 is 35.8 Å². The number of hydrogen-bond acceptors (Lipinski definition) is 7. The lowest BCUT2D eigenvalue weighted by molar-refractivity contribution is -0.155.